The van der Waals surface area contributed by atoms with Gasteiger partial charge in [-0.2, -0.15) is 5.10 Å². The maximum absolute atomic E-state index is 11.9. The van der Waals surface area contributed by atoms with E-state index in [2.05, 4.69) is 10.4 Å². The molecule has 0 spiro atoms. The second-order valence-corrected chi connectivity index (χ2v) is 4.66. The molecule has 1 N–H and O–H groups in total. The van der Waals surface area contributed by atoms with Crippen molar-refractivity contribution in [3.05, 3.63) is 35.0 Å². The minimum absolute atomic E-state index is 0.296. The van der Waals surface area contributed by atoms with E-state index >= 15 is 0 Å². The van der Waals surface area contributed by atoms with Gasteiger partial charge in [0, 0.05) is 13.2 Å². The number of carbonyl (C=O) groups excluding carboxylic acids is 2. The van der Waals surface area contributed by atoms with Gasteiger partial charge in [0.15, 0.2) is 0 Å². The van der Waals surface area contributed by atoms with E-state index in [0.717, 1.165) is 0 Å². The highest BCUT2D eigenvalue weighted by atomic mass is 32.1. The lowest BCUT2D eigenvalue weighted by Crippen LogP contribution is -2.13. The highest BCUT2D eigenvalue weighted by Crippen LogP contribution is 2.24. The average Bonchev–Trinajstić information content (AvgIpc) is 2.98. The molecule has 0 fully saturated rings. The molecule has 2 rings (SSSR count). The number of aryl methyl sites for hydroxylation is 1. The fourth-order valence-electron chi connectivity index (χ4n) is 1.49. The maximum atomic E-state index is 11.9. The highest BCUT2D eigenvalue weighted by Gasteiger charge is 2.17. The van der Waals surface area contributed by atoms with E-state index in [1.54, 1.807) is 31.6 Å². The molecule has 0 radical (unpaired) electrons. The Bertz CT molecular complexity index is 603. The van der Waals surface area contributed by atoms with E-state index < -0.39 is 5.97 Å². The summed E-state index contributed by atoms with van der Waals surface area (Å²) in [5, 5.41) is 8.81. The fraction of sp³-hybridized carbons (Fsp3) is 0.250. The maximum Gasteiger partial charge on any atom is 0.341 e. The monoisotopic (exact) mass is 279 g/mol. The van der Waals surface area contributed by atoms with Crippen LogP contribution in [0.25, 0.3) is 0 Å². The number of hydrogen-bond donors (Lipinski definition) is 1. The van der Waals surface area contributed by atoms with Gasteiger partial charge in [0.2, 0.25) is 0 Å². The van der Waals surface area contributed by atoms with Crippen molar-refractivity contribution in [1.82, 2.24) is 9.78 Å². The molecule has 2 heterocycles. The Balaban J connectivity index is 2.13. The third kappa shape index (κ3) is 3.00. The van der Waals surface area contributed by atoms with E-state index in [-0.39, 0.29) is 5.91 Å². The number of thiophene rings is 1. The molecule has 2 aromatic heterocycles. The summed E-state index contributed by atoms with van der Waals surface area (Å²) in [4.78, 5) is 23.6. The van der Waals surface area contributed by atoms with Crippen LogP contribution in [0.5, 0.6) is 0 Å². The zero-order chi connectivity index (χ0) is 13.8. The summed E-state index contributed by atoms with van der Waals surface area (Å²) >= 11 is 1.27. The SMILES string of the molecule is CCOC(=O)c1ccsc1NC(=O)c1cnn(C)c1. The van der Waals surface area contributed by atoms with Gasteiger partial charge in [0.05, 0.1) is 23.9 Å². The number of rotatable bonds is 4. The molecule has 0 unspecified atom stereocenters. The molecular formula is C12H13N3O3S. The Kier molecular flexibility index (Phi) is 3.96. The van der Waals surface area contributed by atoms with Crippen LogP contribution in [0, 0.1) is 0 Å². The molecule has 6 nitrogen and oxygen atoms in total. The van der Waals surface area contributed by atoms with Crippen LogP contribution in [0.4, 0.5) is 5.00 Å². The van der Waals surface area contributed by atoms with Crippen LogP contribution in [0.15, 0.2) is 23.8 Å². The van der Waals surface area contributed by atoms with Gasteiger partial charge >= 0.3 is 5.97 Å². The summed E-state index contributed by atoms with van der Waals surface area (Å²) in [6.45, 7) is 2.03. The number of esters is 1. The first-order valence-corrected chi connectivity index (χ1v) is 6.54. The quantitative estimate of drug-likeness (QED) is 0.868. The van der Waals surface area contributed by atoms with Crippen LogP contribution in [-0.4, -0.2) is 28.3 Å². The largest absolute Gasteiger partial charge is 0.462 e. The predicted octanol–water partition coefficient (Wildman–Crippen LogP) is 1.91. The Morgan fingerprint density at radius 3 is 2.95 bits per heavy atom. The summed E-state index contributed by atoms with van der Waals surface area (Å²) < 4.78 is 6.46. The van der Waals surface area contributed by atoms with Crippen molar-refractivity contribution < 1.29 is 14.3 Å². The van der Waals surface area contributed by atoms with Crippen LogP contribution < -0.4 is 5.32 Å². The van der Waals surface area contributed by atoms with Crippen molar-refractivity contribution in [2.75, 3.05) is 11.9 Å². The molecule has 0 saturated carbocycles. The number of hydrogen-bond acceptors (Lipinski definition) is 5. The summed E-state index contributed by atoms with van der Waals surface area (Å²) in [5.74, 6) is -0.744. The van der Waals surface area contributed by atoms with Crippen LogP contribution in [0.3, 0.4) is 0 Å². The van der Waals surface area contributed by atoms with Gasteiger partial charge in [-0.15, -0.1) is 11.3 Å². The number of ether oxygens (including phenoxy) is 1. The average molecular weight is 279 g/mol. The summed E-state index contributed by atoms with van der Waals surface area (Å²) in [6, 6.07) is 1.63. The van der Waals surface area contributed by atoms with E-state index in [4.69, 9.17) is 4.74 Å². The van der Waals surface area contributed by atoms with E-state index in [9.17, 15) is 9.59 Å². The minimum atomic E-state index is -0.440. The molecule has 0 bridgehead atoms. The van der Waals surface area contributed by atoms with E-state index in [1.807, 2.05) is 0 Å². The van der Waals surface area contributed by atoms with Crippen molar-refractivity contribution >= 4 is 28.2 Å². The number of anilines is 1. The van der Waals surface area contributed by atoms with Gasteiger partial charge in [-0.1, -0.05) is 0 Å². The zero-order valence-corrected chi connectivity index (χ0v) is 11.4. The lowest BCUT2D eigenvalue weighted by Gasteiger charge is -2.04. The first-order chi connectivity index (χ1) is 9.11. The topological polar surface area (TPSA) is 73.2 Å². The second kappa shape index (κ2) is 5.66. The fourth-order valence-corrected chi connectivity index (χ4v) is 2.26. The molecule has 0 saturated heterocycles. The molecule has 2 aromatic rings. The molecule has 19 heavy (non-hydrogen) atoms. The summed E-state index contributed by atoms with van der Waals surface area (Å²) in [5.41, 5.74) is 0.801. The van der Waals surface area contributed by atoms with E-state index in [1.165, 1.54) is 22.2 Å². The Morgan fingerprint density at radius 2 is 2.32 bits per heavy atom. The van der Waals surface area contributed by atoms with Gasteiger partial charge in [-0.3, -0.25) is 9.48 Å². The number of nitrogens with one attached hydrogen (secondary N) is 1. The van der Waals surface area contributed by atoms with Crippen LogP contribution in [0.2, 0.25) is 0 Å². The number of nitrogens with zero attached hydrogens (tertiary/aromatic N) is 2. The van der Waals surface area contributed by atoms with Crippen molar-refractivity contribution in [1.29, 1.82) is 0 Å². The van der Waals surface area contributed by atoms with Gasteiger partial charge < -0.3 is 10.1 Å². The van der Waals surface area contributed by atoms with Crippen molar-refractivity contribution in [2.24, 2.45) is 7.05 Å². The number of carbonyl (C=O) groups is 2. The lowest BCUT2D eigenvalue weighted by atomic mass is 10.3. The third-order valence-corrected chi connectivity index (χ3v) is 3.18. The predicted molar refractivity (Wildman–Crippen MR) is 71.4 cm³/mol. The Labute approximate surface area is 114 Å². The smallest absolute Gasteiger partial charge is 0.341 e. The molecule has 100 valence electrons. The lowest BCUT2D eigenvalue weighted by molar-refractivity contribution is 0.0528. The standard InChI is InChI=1S/C12H13N3O3S/c1-3-18-12(17)9-4-5-19-11(9)14-10(16)8-6-13-15(2)7-8/h4-7H,3H2,1-2H3,(H,14,16). The van der Waals surface area contributed by atoms with Gasteiger partial charge in [-0.05, 0) is 18.4 Å². The zero-order valence-electron chi connectivity index (χ0n) is 10.5. The molecule has 0 atom stereocenters. The van der Waals surface area contributed by atoms with Gasteiger partial charge in [0.25, 0.3) is 5.91 Å². The number of amides is 1. The first-order valence-electron chi connectivity index (χ1n) is 5.66. The van der Waals surface area contributed by atoms with Crippen LogP contribution >= 0.6 is 11.3 Å². The van der Waals surface area contributed by atoms with Crippen LogP contribution in [0.1, 0.15) is 27.6 Å². The van der Waals surface area contributed by atoms with Gasteiger partial charge in [0.1, 0.15) is 5.00 Å². The Hall–Kier alpha value is -2.15. The second-order valence-electron chi connectivity index (χ2n) is 3.74. The van der Waals surface area contributed by atoms with E-state index in [0.29, 0.717) is 22.7 Å². The molecule has 0 aliphatic carbocycles. The number of aromatic nitrogens is 2. The summed E-state index contributed by atoms with van der Waals surface area (Å²) in [7, 11) is 1.73. The normalized spacial score (nSPS) is 10.2. The minimum Gasteiger partial charge on any atom is -0.462 e. The van der Waals surface area contributed by atoms with Crippen molar-refractivity contribution in [3.8, 4) is 0 Å². The highest BCUT2D eigenvalue weighted by molar-refractivity contribution is 7.14. The first kappa shape index (κ1) is 13.3. The van der Waals surface area contributed by atoms with Crippen molar-refractivity contribution in [3.63, 3.8) is 0 Å². The summed E-state index contributed by atoms with van der Waals surface area (Å²) in [6.07, 6.45) is 3.07. The Morgan fingerprint density at radius 1 is 1.53 bits per heavy atom. The molecular weight excluding hydrogens is 266 g/mol. The van der Waals surface area contributed by atoms with Crippen LogP contribution in [-0.2, 0) is 11.8 Å². The molecule has 0 aliphatic heterocycles. The van der Waals surface area contributed by atoms with Gasteiger partial charge in [-0.25, -0.2) is 4.79 Å². The molecule has 1 amide bonds. The molecule has 0 aromatic carbocycles. The molecule has 0 aliphatic rings. The third-order valence-electron chi connectivity index (χ3n) is 2.35. The molecule has 7 heteroatoms. The van der Waals surface area contributed by atoms with Crippen molar-refractivity contribution in [2.45, 2.75) is 6.92 Å².